The van der Waals surface area contributed by atoms with E-state index in [9.17, 15) is 4.21 Å². The molecule has 4 nitrogen and oxygen atoms in total. The first kappa shape index (κ1) is 12.2. The van der Waals surface area contributed by atoms with E-state index in [1.807, 2.05) is 24.3 Å². The lowest BCUT2D eigenvalue weighted by Crippen LogP contribution is -2.22. The smallest absolute Gasteiger partial charge is 0.150 e. The standard InChI is InChI=1S/C14H14N2O2S/c15-12-5-3-7-16-14(12)19(17)9-11-8-10-4-1-2-6-13(10)18-11/h1-7,11H,8-9,15H2. The SMILES string of the molecule is Nc1cccnc1S(=O)CC1Cc2ccccc2O1. The molecule has 1 aromatic carbocycles. The van der Waals surface area contributed by atoms with E-state index in [-0.39, 0.29) is 6.10 Å². The van der Waals surface area contributed by atoms with Crippen LogP contribution in [0.2, 0.25) is 0 Å². The highest BCUT2D eigenvalue weighted by molar-refractivity contribution is 7.85. The number of hydrogen-bond donors (Lipinski definition) is 1. The van der Waals surface area contributed by atoms with Crippen LogP contribution in [-0.2, 0) is 17.2 Å². The molecule has 1 aromatic heterocycles. The zero-order valence-corrected chi connectivity index (χ0v) is 11.1. The largest absolute Gasteiger partial charge is 0.489 e. The Labute approximate surface area is 114 Å². The van der Waals surface area contributed by atoms with Crippen LogP contribution in [0.25, 0.3) is 0 Å². The summed E-state index contributed by atoms with van der Waals surface area (Å²) in [6, 6.07) is 11.3. The van der Waals surface area contributed by atoms with Gasteiger partial charge in [-0.2, -0.15) is 0 Å². The van der Waals surface area contributed by atoms with Gasteiger partial charge in [-0.25, -0.2) is 4.98 Å². The second-order valence-electron chi connectivity index (χ2n) is 4.46. The van der Waals surface area contributed by atoms with Crippen LogP contribution in [-0.4, -0.2) is 21.0 Å². The van der Waals surface area contributed by atoms with Crippen LogP contribution in [0.5, 0.6) is 5.75 Å². The number of hydrogen-bond acceptors (Lipinski definition) is 4. The molecule has 0 bridgehead atoms. The van der Waals surface area contributed by atoms with Crippen molar-refractivity contribution >= 4 is 16.5 Å². The van der Waals surface area contributed by atoms with Gasteiger partial charge in [0.2, 0.25) is 0 Å². The molecule has 5 heteroatoms. The second kappa shape index (κ2) is 5.01. The Balaban J connectivity index is 1.71. The van der Waals surface area contributed by atoms with Crippen LogP contribution in [0.15, 0.2) is 47.6 Å². The minimum absolute atomic E-state index is 0.0698. The summed E-state index contributed by atoms with van der Waals surface area (Å²) in [5.74, 6) is 1.30. The molecule has 0 saturated heterocycles. The molecule has 0 radical (unpaired) electrons. The van der Waals surface area contributed by atoms with Crippen molar-refractivity contribution in [3.8, 4) is 5.75 Å². The summed E-state index contributed by atoms with van der Waals surface area (Å²) in [5.41, 5.74) is 7.42. The van der Waals surface area contributed by atoms with E-state index >= 15 is 0 Å². The van der Waals surface area contributed by atoms with Gasteiger partial charge in [-0.1, -0.05) is 18.2 Å². The third kappa shape index (κ3) is 2.46. The Morgan fingerprint density at radius 3 is 2.95 bits per heavy atom. The Morgan fingerprint density at radius 2 is 2.16 bits per heavy atom. The van der Waals surface area contributed by atoms with Crippen molar-refractivity contribution in [2.24, 2.45) is 0 Å². The molecule has 0 aliphatic carbocycles. The number of aromatic nitrogens is 1. The van der Waals surface area contributed by atoms with Crippen molar-refractivity contribution in [3.63, 3.8) is 0 Å². The molecular weight excluding hydrogens is 260 g/mol. The van der Waals surface area contributed by atoms with Crippen molar-refractivity contribution < 1.29 is 8.95 Å². The van der Waals surface area contributed by atoms with E-state index < -0.39 is 10.8 Å². The van der Waals surface area contributed by atoms with Gasteiger partial charge < -0.3 is 10.5 Å². The summed E-state index contributed by atoms with van der Waals surface area (Å²) in [4.78, 5) is 4.09. The monoisotopic (exact) mass is 274 g/mol. The average molecular weight is 274 g/mol. The number of para-hydroxylation sites is 1. The van der Waals surface area contributed by atoms with E-state index in [1.165, 1.54) is 5.56 Å². The molecule has 0 saturated carbocycles. The Morgan fingerprint density at radius 1 is 1.32 bits per heavy atom. The van der Waals surface area contributed by atoms with E-state index in [2.05, 4.69) is 4.98 Å². The van der Waals surface area contributed by atoms with Crippen molar-refractivity contribution in [1.82, 2.24) is 4.98 Å². The molecule has 19 heavy (non-hydrogen) atoms. The molecule has 98 valence electrons. The van der Waals surface area contributed by atoms with Gasteiger partial charge in [-0.15, -0.1) is 0 Å². The second-order valence-corrected chi connectivity index (χ2v) is 5.87. The minimum Gasteiger partial charge on any atom is -0.489 e. The highest BCUT2D eigenvalue weighted by Crippen LogP contribution is 2.29. The fourth-order valence-electron chi connectivity index (χ4n) is 2.19. The zero-order chi connectivity index (χ0) is 13.2. The maximum atomic E-state index is 12.3. The molecule has 2 aromatic rings. The van der Waals surface area contributed by atoms with Crippen molar-refractivity contribution in [3.05, 3.63) is 48.2 Å². The summed E-state index contributed by atoms with van der Waals surface area (Å²) in [6.07, 6.45) is 2.32. The van der Waals surface area contributed by atoms with Crippen molar-refractivity contribution in [2.45, 2.75) is 17.6 Å². The van der Waals surface area contributed by atoms with Gasteiger partial charge in [0.05, 0.1) is 22.2 Å². The topological polar surface area (TPSA) is 65.2 Å². The third-order valence-corrected chi connectivity index (χ3v) is 4.51. The van der Waals surface area contributed by atoms with E-state index in [0.717, 1.165) is 12.2 Å². The summed E-state index contributed by atoms with van der Waals surface area (Å²) in [7, 11) is -1.23. The molecule has 0 fully saturated rings. The summed E-state index contributed by atoms with van der Waals surface area (Å²) < 4.78 is 18.0. The quantitative estimate of drug-likeness (QED) is 0.926. The molecule has 1 aliphatic heterocycles. The lowest BCUT2D eigenvalue weighted by atomic mass is 10.1. The number of nitrogens with zero attached hydrogens (tertiary/aromatic N) is 1. The lowest BCUT2D eigenvalue weighted by molar-refractivity contribution is 0.258. The molecule has 2 unspecified atom stereocenters. The predicted octanol–water partition coefficient (Wildman–Crippen LogP) is 1.78. The first-order valence-electron chi connectivity index (χ1n) is 6.07. The summed E-state index contributed by atoms with van der Waals surface area (Å²) in [5, 5.41) is 0.446. The van der Waals surface area contributed by atoms with Gasteiger partial charge >= 0.3 is 0 Å². The number of ether oxygens (including phenoxy) is 1. The van der Waals surface area contributed by atoms with Gasteiger partial charge in [-0.3, -0.25) is 4.21 Å². The zero-order valence-electron chi connectivity index (χ0n) is 10.3. The van der Waals surface area contributed by atoms with Crippen LogP contribution in [0, 0.1) is 0 Å². The van der Waals surface area contributed by atoms with Crippen LogP contribution < -0.4 is 10.5 Å². The maximum absolute atomic E-state index is 12.3. The van der Waals surface area contributed by atoms with Crippen molar-refractivity contribution in [2.75, 3.05) is 11.5 Å². The normalized spacial score (nSPS) is 18.6. The molecule has 0 spiro atoms. The first-order valence-corrected chi connectivity index (χ1v) is 7.39. The number of fused-ring (bicyclic) bond motifs is 1. The van der Waals surface area contributed by atoms with Gasteiger partial charge in [-0.05, 0) is 23.8 Å². The molecule has 2 N–H and O–H groups in total. The minimum atomic E-state index is -1.23. The van der Waals surface area contributed by atoms with Crippen molar-refractivity contribution in [1.29, 1.82) is 0 Å². The lowest BCUT2D eigenvalue weighted by Gasteiger charge is -2.10. The fourth-order valence-corrected chi connectivity index (χ4v) is 3.38. The van der Waals surface area contributed by atoms with E-state index in [4.69, 9.17) is 10.5 Å². The summed E-state index contributed by atoms with van der Waals surface area (Å²) in [6.45, 7) is 0. The Kier molecular flexibility index (Phi) is 3.21. The van der Waals surface area contributed by atoms with Gasteiger partial charge in [0.25, 0.3) is 0 Å². The van der Waals surface area contributed by atoms with Gasteiger partial charge in [0, 0.05) is 12.6 Å². The van der Waals surface area contributed by atoms with Crippen LogP contribution in [0.4, 0.5) is 5.69 Å². The average Bonchev–Trinajstić information content (AvgIpc) is 2.81. The van der Waals surface area contributed by atoms with Crippen LogP contribution >= 0.6 is 0 Å². The molecule has 1 aliphatic rings. The molecule has 2 heterocycles. The number of anilines is 1. The highest BCUT2D eigenvalue weighted by Gasteiger charge is 2.25. The number of rotatable bonds is 3. The number of benzene rings is 1. The number of nitrogens with two attached hydrogens (primary N) is 1. The molecule has 2 atom stereocenters. The summed E-state index contributed by atoms with van der Waals surface area (Å²) >= 11 is 0. The Hall–Kier alpha value is -1.88. The van der Waals surface area contributed by atoms with Crippen LogP contribution in [0.1, 0.15) is 5.56 Å². The van der Waals surface area contributed by atoms with Gasteiger partial charge in [0.15, 0.2) is 0 Å². The highest BCUT2D eigenvalue weighted by atomic mass is 32.2. The maximum Gasteiger partial charge on any atom is 0.150 e. The predicted molar refractivity (Wildman–Crippen MR) is 74.5 cm³/mol. The first-order chi connectivity index (χ1) is 9.24. The number of nitrogen functional groups attached to an aromatic ring is 1. The van der Waals surface area contributed by atoms with Crippen LogP contribution in [0.3, 0.4) is 0 Å². The molecular formula is C14H14N2O2S. The molecule has 0 amide bonds. The number of pyridine rings is 1. The van der Waals surface area contributed by atoms with E-state index in [0.29, 0.717) is 16.5 Å². The van der Waals surface area contributed by atoms with Gasteiger partial charge in [0.1, 0.15) is 16.9 Å². The fraction of sp³-hybridized carbons (Fsp3) is 0.214. The molecule has 3 rings (SSSR count). The Bertz CT molecular complexity index is 605. The van der Waals surface area contributed by atoms with E-state index in [1.54, 1.807) is 18.3 Å². The third-order valence-electron chi connectivity index (χ3n) is 3.07.